The maximum atomic E-state index is 13.2. The Bertz CT molecular complexity index is 919. The molecule has 2 aromatic carbocycles. The highest BCUT2D eigenvalue weighted by Crippen LogP contribution is 2.34. The van der Waals surface area contributed by atoms with Gasteiger partial charge in [-0.1, -0.05) is 6.42 Å². The van der Waals surface area contributed by atoms with Gasteiger partial charge in [0.25, 0.3) is 0 Å². The number of esters is 2. The van der Waals surface area contributed by atoms with Gasteiger partial charge in [-0.25, -0.2) is 8.78 Å². The summed E-state index contributed by atoms with van der Waals surface area (Å²) in [6.07, 6.45) is -9.66. The summed E-state index contributed by atoms with van der Waals surface area (Å²) < 4.78 is 112. The molecule has 2 rings (SSSR count). The predicted octanol–water partition coefficient (Wildman–Crippen LogP) is 6.46. The summed E-state index contributed by atoms with van der Waals surface area (Å²) in [6, 6.07) is 3.52. The average molecular weight is 484 g/mol. The van der Waals surface area contributed by atoms with Crippen LogP contribution in [0.5, 0.6) is 11.5 Å². The molecular weight excluding hydrogens is 468 g/mol. The van der Waals surface area contributed by atoms with Crippen molar-refractivity contribution in [3.63, 3.8) is 0 Å². The number of carbonyl (C=O) groups excluding carboxylic acids is 2. The molecule has 0 saturated heterocycles. The normalized spacial score (nSPS) is 11.9. The molecule has 0 bridgehead atoms. The van der Waals surface area contributed by atoms with E-state index >= 15 is 0 Å². The summed E-state index contributed by atoms with van der Waals surface area (Å²) in [5.41, 5.74) is -3.15. The third kappa shape index (κ3) is 8.03. The number of unbranched alkanes of at least 4 members (excludes halogenated alkanes) is 2. The molecule has 0 spiro atoms. The monoisotopic (exact) mass is 484 g/mol. The second kappa shape index (κ2) is 10.6. The number of ether oxygens (including phenoxy) is 2. The molecule has 0 aliphatic rings. The Labute approximate surface area is 182 Å². The first kappa shape index (κ1) is 26.1. The molecular formula is C21H16F8O4. The molecule has 0 saturated carbocycles. The van der Waals surface area contributed by atoms with E-state index in [2.05, 4.69) is 0 Å². The lowest BCUT2D eigenvalue weighted by Crippen LogP contribution is -2.12. The van der Waals surface area contributed by atoms with E-state index in [1.807, 2.05) is 0 Å². The van der Waals surface area contributed by atoms with Crippen molar-refractivity contribution in [2.24, 2.45) is 0 Å². The van der Waals surface area contributed by atoms with Crippen LogP contribution >= 0.6 is 0 Å². The molecule has 0 fully saturated rings. The smallest absolute Gasteiger partial charge is 0.419 e. The number of benzene rings is 2. The highest BCUT2D eigenvalue weighted by Gasteiger charge is 2.35. The van der Waals surface area contributed by atoms with E-state index in [1.54, 1.807) is 0 Å². The van der Waals surface area contributed by atoms with Gasteiger partial charge in [0, 0.05) is 12.8 Å². The maximum Gasteiger partial charge on any atom is 0.419 e. The van der Waals surface area contributed by atoms with Crippen LogP contribution in [0.15, 0.2) is 36.4 Å². The zero-order chi connectivity index (χ0) is 24.8. The fourth-order valence-corrected chi connectivity index (χ4v) is 2.65. The third-order valence-electron chi connectivity index (χ3n) is 4.21. The molecule has 2 aromatic rings. The highest BCUT2D eigenvalue weighted by atomic mass is 19.4. The molecule has 12 heteroatoms. The van der Waals surface area contributed by atoms with Gasteiger partial charge in [-0.15, -0.1) is 0 Å². The van der Waals surface area contributed by atoms with Crippen LogP contribution in [0.25, 0.3) is 0 Å². The van der Waals surface area contributed by atoms with Gasteiger partial charge >= 0.3 is 24.3 Å². The standard InChI is InChI=1S/C21H16F8O4/c22-16-8-6-12(10-14(16)20(24,25)26)32-18(30)4-2-1-3-5-19(31)33-13-7-9-17(23)15(11-13)21(27,28)29/h6-11H,1-5H2. The number of carbonyl (C=O) groups is 2. The van der Waals surface area contributed by atoms with E-state index in [4.69, 9.17) is 9.47 Å². The van der Waals surface area contributed by atoms with E-state index in [0.717, 1.165) is 12.1 Å². The van der Waals surface area contributed by atoms with Gasteiger partial charge in [-0.05, 0) is 49.2 Å². The Morgan fingerprint density at radius 3 is 1.33 bits per heavy atom. The minimum absolute atomic E-state index is 0.189. The quantitative estimate of drug-likeness (QED) is 0.187. The van der Waals surface area contributed by atoms with Crippen LogP contribution in [0.1, 0.15) is 43.2 Å². The lowest BCUT2D eigenvalue weighted by molar-refractivity contribution is -0.141. The van der Waals surface area contributed by atoms with E-state index in [0.29, 0.717) is 30.7 Å². The molecule has 33 heavy (non-hydrogen) atoms. The number of hydrogen-bond acceptors (Lipinski definition) is 4. The first-order valence-electron chi connectivity index (χ1n) is 9.42. The van der Waals surface area contributed by atoms with Gasteiger partial charge in [0.05, 0.1) is 11.1 Å². The van der Waals surface area contributed by atoms with Crippen molar-refractivity contribution in [3.05, 3.63) is 59.2 Å². The molecule has 0 heterocycles. The topological polar surface area (TPSA) is 52.6 Å². The van der Waals surface area contributed by atoms with Crippen LogP contribution in [0.2, 0.25) is 0 Å². The van der Waals surface area contributed by atoms with E-state index in [-0.39, 0.29) is 25.7 Å². The summed E-state index contributed by atoms with van der Waals surface area (Å²) >= 11 is 0. The first-order chi connectivity index (χ1) is 15.3. The molecule has 180 valence electrons. The SMILES string of the molecule is O=C(CCCCCC(=O)Oc1ccc(F)c(C(F)(F)F)c1)Oc1ccc(F)c(C(F)(F)F)c1. The van der Waals surface area contributed by atoms with Gasteiger partial charge < -0.3 is 9.47 Å². The number of halogens is 8. The molecule has 0 unspecified atom stereocenters. The minimum atomic E-state index is -4.96. The average Bonchev–Trinajstić information content (AvgIpc) is 2.69. The van der Waals surface area contributed by atoms with Crippen molar-refractivity contribution in [1.82, 2.24) is 0 Å². The van der Waals surface area contributed by atoms with Crippen molar-refractivity contribution >= 4 is 11.9 Å². The molecule has 0 radical (unpaired) electrons. The van der Waals surface area contributed by atoms with Gasteiger partial charge in [-0.2, -0.15) is 26.3 Å². The molecule has 0 aliphatic heterocycles. The summed E-state index contributed by atoms with van der Waals surface area (Å²) in [7, 11) is 0. The van der Waals surface area contributed by atoms with Gasteiger partial charge in [-0.3, -0.25) is 9.59 Å². The Morgan fingerprint density at radius 1 is 0.636 bits per heavy atom. The largest absolute Gasteiger partial charge is 0.427 e. The summed E-state index contributed by atoms with van der Waals surface area (Å²) in [5.74, 6) is -5.72. The van der Waals surface area contributed by atoms with E-state index < -0.39 is 58.6 Å². The first-order valence-corrected chi connectivity index (χ1v) is 9.42. The Kier molecular flexibility index (Phi) is 8.39. The lowest BCUT2D eigenvalue weighted by Gasteiger charge is -2.10. The van der Waals surface area contributed by atoms with Crippen LogP contribution in [0.3, 0.4) is 0 Å². The number of hydrogen-bond donors (Lipinski definition) is 0. The van der Waals surface area contributed by atoms with Crippen molar-refractivity contribution in [1.29, 1.82) is 0 Å². The van der Waals surface area contributed by atoms with Gasteiger partial charge in [0.1, 0.15) is 23.1 Å². The van der Waals surface area contributed by atoms with Crippen molar-refractivity contribution in [2.75, 3.05) is 0 Å². The Hall–Kier alpha value is -3.18. The molecule has 0 N–H and O–H groups in total. The predicted molar refractivity (Wildman–Crippen MR) is 97.2 cm³/mol. The van der Waals surface area contributed by atoms with Crippen LogP contribution in [-0.2, 0) is 21.9 Å². The van der Waals surface area contributed by atoms with Crippen LogP contribution in [0.4, 0.5) is 35.1 Å². The number of alkyl halides is 6. The van der Waals surface area contributed by atoms with Crippen molar-refractivity contribution in [3.8, 4) is 11.5 Å². The molecule has 4 nitrogen and oxygen atoms in total. The molecule has 0 aromatic heterocycles. The number of rotatable bonds is 8. The molecule has 0 amide bonds. The van der Waals surface area contributed by atoms with Crippen LogP contribution in [-0.4, -0.2) is 11.9 Å². The van der Waals surface area contributed by atoms with Crippen LogP contribution in [0, 0.1) is 11.6 Å². The zero-order valence-electron chi connectivity index (χ0n) is 16.7. The van der Waals surface area contributed by atoms with Gasteiger partial charge in [0.15, 0.2) is 0 Å². The Morgan fingerprint density at radius 2 is 1.00 bits per heavy atom. The Balaban J connectivity index is 1.74. The van der Waals surface area contributed by atoms with E-state index in [1.165, 1.54) is 0 Å². The summed E-state index contributed by atoms with van der Waals surface area (Å²) in [5, 5.41) is 0. The van der Waals surface area contributed by atoms with Crippen LogP contribution < -0.4 is 9.47 Å². The zero-order valence-corrected chi connectivity index (χ0v) is 16.7. The summed E-state index contributed by atoms with van der Waals surface area (Å²) in [4.78, 5) is 23.5. The van der Waals surface area contributed by atoms with Gasteiger partial charge in [0.2, 0.25) is 0 Å². The molecule has 0 aliphatic carbocycles. The second-order valence-electron chi connectivity index (χ2n) is 6.79. The minimum Gasteiger partial charge on any atom is -0.427 e. The fraction of sp³-hybridized carbons (Fsp3) is 0.333. The lowest BCUT2D eigenvalue weighted by atomic mass is 10.1. The molecule has 0 atom stereocenters. The second-order valence-corrected chi connectivity index (χ2v) is 6.79. The van der Waals surface area contributed by atoms with Crippen molar-refractivity contribution < 1.29 is 54.2 Å². The third-order valence-corrected chi connectivity index (χ3v) is 4.21. The van der Waals surface area contributed by atoms with Crippen molar-refractivity contribution in [2.45, 2.75) is 44.5 Å². The van der Waals surface area contributed by atoms with E-state index in [9.17, 15) is 44.7 Å². The fourth-order valence-electron chi connectivity index (χ4n) is 2.65. The summed E-state index contributed by atoms with van der Waals surface area (Å²) in [6.45, 7) is 0. The highest BCUT2D eigenvalue weighted by molar-refractivity contribution is 5.73. The maximum absolute atomic E-state index is 13.2.